The molecule has 15 aromatic rings. The van der Waals surface area contributed by atoms with Crippen LogP contribution in [0.25, 0.3) is 45.0 Å². The Morgan fingerprint density at radius 1 is 0.425 bits per heavy atom. The molecule has 120 heavy (non-hydrogen) atoms. The summed E-state index contributed by atoms with van der Waals surface area (Å²) in [5.41, 5.74) is 12.6. The maximum atomic E-state index is 12.7. The average molecular weight is 1820 g/mol. The van der Waals surface area contributed by atoms with Crippen molar-refractivity contribution in [2.75, 3.05) is 27.5 Å². The Morgan fingerprint density at radius 2 is 0.800 bits per heavy atom. The third kappa shape index (κ3) is 24.1. The van der Waals surface area contributed by atoms with Crippen LogP contribution in [-0.4, -0.2) is 120 Å². The quantitative estimate of drug-likeness (QED) is 0.0346. The number of hydrogen-bond donors (Lipinski definition) is 6. The second kappa shape index (κ2) is 40.8. The fourth-order valence-corrected chi connectivity index (χ4v) is 16.8. The normalized spacial score (nSPS) is 11.5. The Kier molecular flexibility index (Phi) is 29.5. The summed E-state index contributed by atoms with van der Waals surface area (Å²) in [7, 11) is -7.68. The number of aryl methyl sites for hydroxylation is 1. The predicted molar refractivity (Wildman–Crippen MR) is 467 cm³/mol. The van der Waals surface area contributed by atoms with Gasteiger partial charge in [-0.25, -0.2) is 26.8 Å². The lowest BCUT2D eigenvalue weighted by molar-refractivity contribution is 0.101. The number of nitrogens with one attached hydrogen (secondary N) is 6. The second-order valence-corrected chi connectivity index (χ2v) is 35.2. The van der Waals surface area contributed by atoms with Crippen molar-refractivity contribution in [3.05, 3.63) is 349 Å². The maximum Gasteiger partial charge on any atom is 0.256 e. The van der Waals surface area contributed by atoms with Crippen LogP contribution >= 0.6 is 62.3 Å². The van der Waals surface area contributed by atoms with Crippen LogP contribution in [0.1, 0.15) is 63.7 Å². The van der Waals surface area contributed by atoms with Gasteiger partial charge in [0.1, 0.15) is 19.0 Å². The summed E-state index contributed by atoms with van der Waals surface area (Å²) >= 11 is 28.5. The molecule has 0 spiro atoms. The molecule has 606 valence electrons. The number of rotatable bonds is 23. The van der Waals surface area contributed by atoms with Crippen molar-refractivity contribution >= 4 is 150 Å². The number of benzene rings is 8. The van der Waals surface area contributed by atoms with Crippen LogP contribution in [0.4, 0.5) is 22.7 Å². The molecule has 8 aromatic carbocycles. The number of sulfone groups is 2. The van der Waals surface area contributed by atoms with Crippen LogP contribution in [-0.2, 0) is 71.3 Å². The standard InChI is InChI=1S/C22H18ClN5O2S.C21H16ClN5O3S.C21H16ClN5O2S.C20H16BrClN2O3S/c1-28-14-25-27-22(28)31(30)13-15-5-7-16(8-6-15)21(29)26-17-9-10-19(23)18(12-17)20-4-2-3-11-24-20;22-18-9-8-16(11-17(18)19-3-1-2-10-23-19)26-20(28)15-6-4-14(5-7-15)12-31(29,30)21-24-13-25-27-21;22-18-9-8-16(11-17(18)19-3-1-2-10-23-19)26-20(28)15-6-4-14(5-7-15)12-30(29)21-24-13-25-27-21;1-28(26,27)12-13-5-7-15(17(21)10-13)20(25)24-14-6-8-18(22)16(11-14)19-4-2-3-9-23-19/h2-12,14H,13H2,1H3,(H,26,29);1-11,13H,12H2,(H,26,28)(H,24,25,27);1-11,13H,12H2,(H,26,28)(H,24,25,27);2-11H,12H2,1H3,(H,24,25). The largest absolute Gasteiger partial charge is 0.322 e. The van der Waals surface area contributed by atoms with E-state index in [4.69, 9.17) is 46.4 Å². The van der Waals surface area contributed by atoms with Crippen molar-refractivity contribution in [2.24, 2.45) is 7.05 Å². The molecule has 7 heterocycles. The topological polar surface area (TPSA) is 384 Å². The molecule has 0 saturated carbocycles. The van der Waals surface area contributed by atoms with Gasteiger partial charge in [-0.05, 0) is 208 Å². The van der Waals surface area contributed by atoms with E-state index >= 15 is 0 Å². The molecule has 6 N–H and O–H groups in total. The average Bonchev–Trinajstić information content (AvgIpc) is 1.86. The van der Waals surface area contributed by atoms with Gasteiger partial charge in [-0.3, -0.25) is 57.7 Å². The van der Waals surface area contributed by atoms with Gasteiger partial charge in [0, 0.05) is 104 Å². The molecule has 0 aliphatic carbocycles. The molecule has 36 heteroatoms. The van der Waals surface area contributed by atoms with E-state index in [-0.39, 0.29) is 46.0 Å². The molecule has 15 rings (SSSR count). The lowest BCUT2D eigenvalue weighted by Crippen LogP contribution is -2.13. The van der Waals surface area contributed by atoms with Crippen LogP contribution in [0.15, 0.2) is 300 Å². The number of amides is 4. The highest BCUT2D eigenvalue weighted by Gasteiger charge is 2.22. The van der Waals surface area contributed by atoms with Crippen LogP contribution in [0.5, 0.6) is 0 Å². The van der Waals surface area contributed by atoms with E-state index in [0.29, 0.717) is 119 Å². The third-order valence-electron chi connectivity index (χ3n) is 17.1. The molecule has 4 amide bonds. The first-order chi connectivity index (χ1) is 57.8. The summed E-state index contributed by atoms with van der Waals surface area (Å²) < 4.78 is 74.2. The van der Waals surface area contributed by atoms with Gasteiger partial charge >= 0.3 is 0 Å². The van der Waals surface area contributed by atoms with Crippen LogP contribution < -0.4 is 21.3 Å². The molecule has 0 fully saturated rings. The first-order valence-corrected chi connectivity index (χ1v) is 44.3. The minimum atomic E-state index is -3.64. The number of carbonyl (C=O) groups is 4. The van der Waals surface area contributed by atoms with E-state index in [1.165, 1.54) is 18.9 Å². The zero-order valence-corrected chi connectivity index (χ0v) is 70.8. The number of H-pyrrole nitrogens is 2. The Labute approximate surface area is 721 Å². The molecule has 0 saturated heterocycles. The Hall–Kier alpha value is -12.5. The molecule has 2 unspecified atom stereocenters. The number of pyridine rings is 4. The first-order valence-electron chi connectivity index (χ1n) is 35.6. The van der Waals surface area contributed by atoms with E-state index in [2.05, 4.69) is 97.7 Å². The second-order valence-electron chi connectivity index (χ2n) is 26.0. The fraction of sp³-hybridized carbons (Fsp3) is 0.0714. The van der Waals surface area contributed by atoms with Gasteiger partial charge in [0.15, 0.2) is 9.84 Å². The van der Waals surface area contributed by atoms with Crippen molar-refractivity contribution in [2.45, 2.75) is 38.5 Å². The molecule has 27 nitrogen and oxygen atoms in total. The van der Waals surface area contributed by atoms with Gasteiger partial charge in [-0.15, -0.1) is 10.2 Å². The van der Waals surface area contributed by atoms with Crippen molar-refractivity contribution < 1.29 is 44.4 Å². The zero-order chi connectivity index (χ0) is 84.9. The minimum absolute atomic E-state index is 0.0852. The van der Waals surface area contributed by atoms with E-state index in [1.807, 2.05) is 72.8 Å². The van der Waals surface area contributed by atoms with Crippen LogP contribution in [0, 0.1) is 0 Å². The van der Waals surface area contributed by atoms with Gasteiger partial charge in [0.25, 0.3) is 23.6 Å². The lowest BCUT2D eigenvalue weighted by atomic mass is 10.1. The van der Waals surface area contributed by atoms with Crippen molar-refractivity contribution in [1.82, 2.24) is 65.1 Å². The van der Waals surface area contributed by atoms with Gasteiger partial charge < -0.3 is 25.8 Å². The Morgan fingerprint density at radius 3 is 1.14 bits per heavy atom. The number of anilines is 4. The Balaban J connectivity index is 0.000000147. The Bertz CT molecular complexity index is 6430. The lowest BCUT2D eigenvalue weighted by Gasteiger charge is -2.11. The molecular weight excluding hydrogens is 1760 g/mol. The van der Waals surface area contributed by atoms with Gasteiger partial charge in [-0.1, -0.05) is 113 Å². The summed E-state index contributed by atoms with van der Waals surface area (Å²) in [6, 6.07) is 68.0. The molecule has 0 aliphatic rings. The number of aromatic amines is 2. The van der Waals surface area contributed by atoms with E-state index < -0.39 is 41.3 Å². The summed E-state index contributed by atoms with van der Waals surface area (Å²) in [5, 5.41) is 33.9. The zero-order valence-electron chi connectivity index (χ0n) is 62.9. The molecule has 2 atom stereocenters. The molecule has 0 radical (unpaired) electrons. The molecular formula is C84H66BrCl4N17O10S4. The van der Waals surface area contributed by atoms with E-state index in [1.54, 1.807) is 200 Å². The van der Waals surface area contributed by atoms with Crippen LogP contribution in [0.2, 0.25) is 20.1 Å². The van der Waals surface area contributed by atoms with Gasteiger partial charge in [0.2, 0.25) is 25.3 Å². The highest BCUT2D eigenvalue weighted by atomic mass is 79.9. The van der Waals surface area contributed by atoms with Crippen molar-refractivity contribution in [3.8, 4) is 45.0 Å². The highest BCUT2D eigenvalue weighted by molar-refractivity contribution is 9.10. The third-order valence-corrected chi connectivity index (χ3v) is 24.1. The highest BCUT2D eigenvalue weighted by Crippen LogP contribution is 2.35. The molecule has 0 aliphatic heterocycles. The minimum Gasteiger partial charge on any atom is -0.322 e. The predicted octanol–water partition coefficient (Wildman–Crippen LogP) is 16.9. The number of halogens is 5. The fourth-order valence-electron chi connectivity index (χ4n) is 11.3. The first kappa shape index (κ1) is 86.8. The number of nitrogens with zero attached hydrogens (tertiary/aromatic N) is 11. The maximum absolute atomic E-state index is 12.7. The SMILES string of the molecule is CS(=O)(=O)Cc1ccc(C(=O)Nc2ccc(Cl)c(-c3ccccn3)c2)c(Br)c1.Cn1cnnc1S(=O)Cc1ccc(C(=O)Nc2ccc(Cl)c(-c3ccccn3)c2)cc1.O=C(Nc1ccc(Cl)c(-c2ccccn2)c1)c1ccc(CS(=O)(=O)c2ncn[nH]2)cc1.O=C(Nc1ccc(Cl)c(-c2ccccn2)c1)c1ccc(CS(=O)c2ncn[nH]2)cc1. The summed E-state index contributed by atoms with van der Waals surface area (Å²) in [5.74, 6) is -0.943. The van der Waals surface area contributed by atoms with E-state index in [9.17, 15) is 44.4 Å². The van der Waals surface area contributed by atoms with E-state index in [0.717, 1.165) is 40.0 Å². The van der Waals surface area contributed by atoms with Crippen molar-refractivity contribution in [3.63, 3.8) is 0 Å². The summed E-state index contributed by atoms with van der Waals surface area (Å²) in [6.45, 7) is 0. The monoisotopic (exact) mass is 1820 g/mol. The summed E-state index contributed by atoms with van der Waals surface area (Å²) in [6.07, 6.45) is 11.8. The van der Waals surface area contributed by atoms with Crippen molar-refractivity contribution in [1.29, 1.82) is 0 Å². The molecule has 0 bridgehead atoms. The van der Waals surface area contributed by atoms with Gasteiger partial charge in [-0.2, -0.15) is 10.2 Å². The molecule has 7 aromatic heterocycles. The smallest absolute Gasteiger partial charge is 0.256 e. The summed E-state index contributed by atoms with van der Waals surface area (Å²) in [4.78, 5) is 75.4. The number of hydrogen-bond acceptors (Lipinski definition) is 20. The number of aromatic nitrogens is 13. The van der Waals surface area contributed by atoms with Gasteiger partial charge in [0.05, 0.1) is 93.0 Å². The van der Waals surface area contributed by atoms with Crippen LogP contribution in [0.3, 0.4) is 0 Å². The number of carbonyl (C=O) groups excluding carboxylic acids is 4.